The molecular formula is C20H26N3O3+. The first-order chi connectivity index (χ1) is 12.7. The summed E-state index contributed by atoms with van der Waals surface area (Å²) in [6.07, 6.45) is 5.51. The van der Waals surface area contributed by atoms with Crippen LogP contribution in [0.1, 0.15) is 12.8 Å². The van der Waals surface area contributed by atoms with E-state index in [9.17, 15) is 9.59 Å². The number of carbonyl (C=O) groups is 2. The number of likely N-dealkylation sites (tertiary alicyclic amines) is 1. The number of imide groups is 1. The predicted molar refractivity (Wildman–Crippen MR) is 98.0 cm³/mol. The van der Waals surface area contributed by atoms with Gasteiger partial charge in [-0.05, 0) is 37.1 Å². The summed E-state index contributed by atoms with van der Waals surface area (Å²) < 4.78 is 5.21. The van der Waals surface area contributed by atoms with Crippen molar-refractivity contribution in [3.63, 3.8) is 0 Å². The number of hydrogen-bond donors (Lipinski definition) is 1. The highest BCUT2D eigenvalue weighted by atomic mass is 16.5. The fourth-order valence-electron chi connectivity index (χ4n) is 4.28. The standard InChI is InChI=1S/C20H25N3O3/c1-26-16-8-6-15(7-9-16)22-12-10-21(11-13-22)14-23-19(24)17-4-2-3-5-18(17)20(23)25/h2-3,6-9,17-18H,4-5,10-14H2,1H3/p+1/t17-,18-/m0/s1. The molecular weight excluding hydrogens is 330 g/mol. The molecule has 0 radical (unpaired) electrons. The number of anilines is 1. The Morgan fingerprint density at radius 2 is 1.58 bits per heavy atom. The zero-order chi connectivity index (χ0) is 18.1. The molecule has 0 aromatic heterocycles. The summed E-state index contributed by atoms with van der Waals surface area (Å²) >= 11 is 0. The van der Waals surface area contributed by atoms with Crippen LogP contribution in [-0.2, 0) is 9.59 Å². The molecule has 138 valence electrons. The van der Waals surface area contributed by atoms with Crippen molar-refractivity contribution in [1.82, 2.24) is 4.90 Å². The summed E-state index contributed by atoms with van der Waals surface area (Å²) in [5.41, 5.74) is 1.19. The van der Waals surface area contributed by atoms with Crippen molar-refractivity contribution in [3.05, 3.63) is 36.4 Å². The van der Waals surface area contributed by atoms with E-state index in [0.29, 0.717) is 19.5 Å². The molecule has 2 fully saturated rings. The molecule has 1 aliphatic carbocycles. The van der Waals surface area contributed by atoms with Crippen LogP contribution in [0.4, 0.5) is 5.69 Å². The lowest BCUT2D eigenvalue weighted by Crippen LogP contribution is -3.16. The third kappa shape index (κ3) is 3.09. The van der Waals surface area contributed by atoms with E-state index in [0.717, 1.165) is 31.9 Å². The van der Waals surface area contributed by atoms with Crippen LogP contribution in [0.3, 0.4) is 0 Å². The minimum Gasteiger partial charge on any atom is -0.497 e. The fourth-order valence-corrected chi connectivity index (χ4v) is 4.28. The second kappa shape index (κ2) is 7.11. The molecule has 6 nitrogen and oxygen atoms in total. The normalized spacial score (nSPS) is 26.3. The average molecular weight is 356 g/mol. The molecule has 2 saturated heterocycles. The van der Waals surface area contributed by atoms with Gasteiger partial charge >= 0.3 is 0 Å². The van der Waals surface area contributed by atoms with E-state index in [1.807, 2.05) is 24.3 Å². The van der Waals surface area contributed by atoms with Crippen molar-refractivity contribution in [3.8, 4) is 5.75 Å². The largest absolute Gasteiger partial charge is 0.497 e. The molecule has 26 heavy (non-hydrogen) atoms. The Hall–Kier alpha value is -2.34. The van der Waals surface area contributed by atoms with Crippen LogP contribution in [0.5, 0.6) is 5.75 Å². The first kappa shape index (κ1) is 17.1. The number of amides is 2. The molecule has 6 heteroatoms. The molecule has 1 aromatic carbocycles. The second-order valence-electron chi connectivity index (χ2n) is 7.35. The molecule has 1 N–H and O–H groups in total. The highest BCUT2D eigenvalue weighted by molar-refractivity contribution is 6.05. The van der Waals surface area contributed by atoms with Crippen molar-refractivity contribution in [2.45, 2.75) is 12.8 Å². The van der Waals surface area contributed by atoms with Gasteiger partial charge in [0.15, 0.2) is 6.67 Å². The Bertz CT molecular complexity index is 682. The summed E-state index contributed by atoms with van der Waals surface area (Å²) in [5.74, 6) is 0.698. The van der Waals surface area contributed by atoms with E-state index in [2.05, 4.69) is 17.0 Å². The number of hydrogen-bond acceptors (Lipinski definition) is 4. The summed E-state index contributed by atoms with van der Waals surface area (Å²) in [4.78, 5) is 30.4. The number of rotatable bonds is 4. The molecule has 2 heterocycles. The van der Waals surface area contributed by atoms with Gasteiger partial charge < -0.3 is 14.5 Å². The minimum absolute atomic E-state index is 0.0365. The maximum absolute atomic E-state index is 12.6. The third-order valence-corrected chi connectivity index (χ3v) is 5.89. The topological polar surface area (TPSA) is 54.3 Å². The zero-order valence-electron chi connectivity index (χ0n) is 15.2. The number of nitrogens with zero attached hydrogens (tertiary/aromatic N) is 2. The molecule has 1 aromatic rings. The Labute approximate surface area is 154 Å². The van der Waals surface area contributed by atoms with Crippen LogP contribution in [0.25, 0.3) is 0 Å². The second-order valence-corrected chi connectivity index (χ2v) is 7.35. The maximum Gasteiger partial charge on any atom is 0.237 e. The van der Waals surface area contributed by atoms with Gasteiger partial charge in [-0.15, -0.1) is 0 Å². The highest BCUT2D eigenvalue weighted by Gasteiger charge is 2.48. The Balaban J connectivity index is 1.34. The van der Waals surface area contributed by atoms with E-state index in [-0.39, 0.29) is 23.7 Å². The lowest BCUT2D eigenvalue weighted by Gasteiger charge is -2.35. The van der Waals surface area contributed by atoms with E-state index < -0.39 is 0 Å². The van der Waals surface area contributed by atoms with Gasteiger partial charge in [-0.25, -0.2) is 4.90 Å². The number of benzene rings is 1. The van der Waals surface area contributed by atoms with Crippen LogP contribution in [-0.4, -0.2) is 56.7 Å². The van der Waals surface area contributed by atoms with Crippen molar-refractivity contribution in [2.24, 2.45) is 11.8 Å². The lowest BCUT2D eigenvalue weighted by molar-refractivity contribution is -0.908. The Morgan fingerprint density at radius 1 is 1.00 bits per heavy atom. The van der Waals surface area contributed by atoms with Crippen LogP contribution >= 0.6 is 0 Å². The molecule has 3 aliphatic rings. The minimum atomic E-state index is -0.118. The van der Waals surface area contributed by atoms with Crippen molar-refractivity contribution in [1.29, 1.82) is 0 Å². The van der Waals surface area contributed by atoms with Gasteiger partial charge in [0.1, 0.15) is 5.75 Å². The molecule has 2 amide bonds. The number of ether oxygens (including phenoxy) is 1. The number of methoxy groups -OCH3 is 1. The van der Waals surface area contributed by atoms with E-state index in [1.165, 1.54) is 15.5 Å². The molecule has 2 aliphatic heterocycles. The number of quaternary nitrogens is 1. The van der Waals surface area contributed by atoms with Crippen LogP contribution in [0.15, 0.2) is 36.4 Å². The van der Waals surface area contributed by atoms with Crippen molar-refractivity contribution < 1.29 is 19.2 Å². The summed E-state index contributed by atoms with van der Waals surface area (Å²) in [5, 5.41) is 0. The summed E-state index contributed by atoms with van der Waals surface area (Å²) in [6.45, 7) is 4.22. The monoisotopic (exact) mass is 356 g/mol. The molecule has 0 unspecified atom stereocenters. The molecule has 4 rings (SSSR count). The first-order valence-corrected chi connectivity index (χ1v) is 9.40. The van der Waals surface area contributed by atoms with Gasteiger partial charge in [0.25, 0.3) is 0 Å². The van der Waals surface area contributed by atoms with E-state index in [4.69, 9.17) is 4.74 Å². The summed E-state index contributed by atoms with van der Waals surface area (Å²) in [7, 11) is 1.67. The van der Waals surface area contributed by atoms with Gasteiger partial charge in [-0.2, -0.15) is 0 Å². The average Bonchev–Trinajstić information content (AvgIpc) is 2.94. The SMILES string of the molecule is COc1ccc(N2CC[NH+](CN3C(=O)[C@H]4CC=CC[C@@H]4C3=O)CC2)cc1. The highest BCUT2D eigenvalue weighted by Crippen LogP contribution is 2.34. The van der Waals surface area contributed by atoms with Crippen LogP contribution < -0.4 is 14.5 Å². The van der Waals surface area contributed by atoms with Crippen molar-refractivity contribution in [2.75, 3.05) is 44.9 Å². The summed E-state index contributed by atoms with van der Waals surface area (Å²) in [6, 6.07) is 8.11. The smallest absolute Gasteiger partial charge is 0.237 e. The lowest BCUT2D eigenvalue weighted by atomic mass is 9.85. The molecule has 0 saturated carbocycles. The van der Waals surface area contributed by atoms with Gasteiger partial charge in [0.05, 0.1) is 45.1 Å². The predicted octanol–water partition coefficient (Wildman–Crippen LogP) is 0.309. The Kier molecular flexibility index (Phi) is 4.68. The van der Waals surface area contributed by atoms with Gasteiger partial charge in [0.2, 0.25) is 11.8 Å². The number of carbonyl (C=O) groups excluding carboxylic acids is 2. The van der Waals surface area contributed by atoms with Gasteiger partial charge in [-0.1, -0.05) is 12.2 Å². The maximum atomic E-state index is 12.6. The zero-order valence-corrected chi connectivity index (χ0v) is 15.2. The van der Waals surface area contributed by atoms with Crippen LogP contribution in [0.2, 0.25) is 0 Å². The third-order valence-electron chi connectivity index (χ3n) is 5.89. The molecule has 0 spiro atoms. The first-order valence-electron chi connectivity index (χ1n) is 9.40. The van der Waals surface area contributed by atoms with Crippen molar-refractivity contribution >= 4 is 17.5 Å². The fraction of sp³-hybridized carbons (Fsp3) is 0.500. The number of piperazine rings is 1. The van der Waals surface area contributed by atoms with E-state index in [1.54, 1.807) is 7.11 Å². The van der Waals surface area contributed by atoms with Crippen LogP contribution in [0, 0.1) is 11.8 Å². The number of allylic oxidation sites excluding steroid dienone is 2. The Morgan fingerprint density at radius 3 is 2.12 bits per heavy atom. The number of fused-ring (bicyclic) bond motifs is 1. The van der Waals surface area contributed by atoms with Gasteiger partial charge in [-0.3, -0.25) is 9.59 Å². The quantitative estimate of drug-likeness (QED) is 0.623. The van der Waals surface area contributed by atoms with E-state index >= 15 is 0 Å². The molecule has 0 bridgehead atoms. The number of nitrogens with one attached hydrogen (secondary N) is 1. The molecule has 2 atom stereocenters. The van der Waals surface area contributed by atoms with Gasteiger partial charge in [0, 0.05) is 5.69 Å².